The zero-order chi connectivity index (χ0) is 11.2. The van der Waals surface area contributed by atoms with E-state index < -0.39 is 5.54 Å². The van der Waals surface area contributed by atoms with Crippen LogP contribution < -0.4 is 11.5 Å². The van der Waals surface area contributed by atoms with Crippen molar-refractivity contribution in [3.05, 3.63) is 10.1 Å². The Morgan fingerprint density at radius 2 is 1.93 bits per heavy atom. The lowest BCUT2D eigenvalue weighted by molar-refractivity contribution is -0.564. The molecule has 0 rings (SSSR count). The van der Waals surface area contributed by atoms with Crippen LogP contribution in [0.15, 0.2) is 0 Å². The predicted molar refractivity (Wildman–Crippen MR) is 56.6 cm³/mol. The first-order valence-corrected chi connectivity index (χ1v) is 5.03. The monoisotopic (exact) mass is 203 g/mol. The van der Waals surface area contributed by atoms with Crippen molar-refractivity contribution in [1.29, 1.82) is 0 Å². The van der Waals surface area contributed by atoms with Gasteiger partial charge in [0, 0.05) is 18.8 Å². The van der Waals surface area contributed by atoms with E-state index in [0.717, 1.165) is 19.3 Å². The second kappa shape index (κ2) is 5.93. The van der Waals surface area contributed by atoms with Crippen molar-refractivity contribution in [2.24, 2.45) is 11.5 Å². The van der Waals surface area contributed by atoms with Crippen molar-refractivity contribution in [2.45, 2.75) is 51.1 Å². The van der Waals surface area contributed by atoms with E-state index in [0.29, 0.717) is 13.0 Å². The maximum atomic E-state index is 10.7. The van der Waals surface area contributed by atoms with Gasteiger partial charge in [-0.2, -0.15) is 0 Å². The molecule has 0 aromatic rings. The Kier molecular flexibility index (Phi) is 5.64. The van der Waals surface area contributed by atoms with E-state index in [1.54, 1.807) is 13.8 Å². The molecule has 0 radical (unpaired) electrons. The first kappa shape index (κ1) is 13.3. The van der Waals surface area contributed by atoms with Crippen molar-refractivity contribution < 1.29 is 4.92 Å². The zero-order valence-corrected chi connectivity index (χ0v) is 9.03. The molecular weight excluding hydrogens is 182 g/mol. The summed E-state index contributed by atoms with van der Waals surface area (Å²) < 4.78 is 0. The van der Waals surface area contributed by atoms with Crippen molar-refractivity contribution in [3.8, 4) is 0 Å². The second-order valence-electron chi connectivity index (χ2n) is 4.16. The van der Waals surface area contributed by atoms with Crippen LogP contribution in [0.5, 0.6) is 0 Å². The molecule has 0 amide bonds. The Hall–Kier alpha value is -0.680. The molecule has 4 N–H and O–H groups in total. The molecular formula is C9H21N3O2. The standard InChI is InChI=1S/C9H21N3O2/c1-9(2,12(13)14)8(11)6-4-3-5-7-10/h8H,3-7,10-11H2,1-2H3. The molecule has 14 heavy (non-hydrogen) atoms. The van der Waals surface area contributed by atoms with Crippen molar-refractivity contribution in [1.82, 2.24) is 0 Å². The Balaban J connectivity index is 3.83. The summed E-state index contributed by atoms with van der Waals surface area (Å²) in [6, 6.07) is -0.379. The number of nitrogens with zero attached hydrogens (tertiary/aromatic N) is 1. The van der Waals surface area contributed by atoms with Gasteiger partial charge in [0.05, 0.1) is 6.04 Å². The number of rotatable bonds is 7. The quantitative estimate of drug-likeness (QED) is 0.365. The van der Waals surface area contributed by atoms with E-state index in [1.165, 1.54) is 0 Å². The molecule has 0 bridgehead atoms. The van der Waals surface area contributed by atoms with Crippen molar-refractivity contribution in [2.75, 3.05) is 6.54 Å². The predicted octanol–water partition coefficient (Wildman–Crippen LogP) is 0.888. The van der Waals surface area contributed by atoms with E-state index in [2.05, 4.69) is 0 Å². The molecule has 1 unspecified atom stereocenters. The third-order valence-corrected chi connectivity index (χ3v) is 2.60. The van der Waals surface area contributed by atoms with Crippen LogP contribution in [0.2, 0.25) is 0 Å². The van der Waals surface area contributed by atoms with Crippen LogP contribution in [0.4, 0.5) is 0 Å². The van der Waals surface area contributed by atoms with Gasteiger partial charge in [-0.25, -0.2) is 0 Å². The summed E-state index contributed by atoms with van der Waals surface area (Å²) in [5.74, 6) is 0. The Morgan fingerprint density at radius 1 is 1.36 bits per heavy atom. The van der Waals surface area contributed by atoms with E-state index in [4.69, 9.17) is 11.5 Å². The molecule has 0 aliphatic rings. The van der Waals surface area contributed by atoms with Crippen molar-refractivity contribution >= 4 is 0 Å². The molecule has 0 saturated carbocycles. The summed E-state index contributed by atoms with van der Waals surface area (Å²) in [6.07, 6.45) is 3.56. The summed E-state index contributed by atoms with van der Waals surface area (Å²) in [6.45, 7) is 3.81. The van der Waals surface area contributed by atoms with Crippen LogP contribution in [0.3, 0.4) is 0 Å². The maximum absolute atomic E-state index is 10.7. The summed E-state index contributed by atoms with van der Waals surface area (Å²) in [5.41, 5.74) is 10.1. The molecule has 0 aliphatic heterocycles. The van der Waals surface area contributed by atoms with E-state index in [-0.39, 0.29) is 11.0 Å². The summed E-state index contributed by atoms with van der Waals surface area (Å²) >= 11 is 0. The number of nitrogens with two attached hydrogens (primary N) is 2. The third-order valence-electron chi connectivity index (χ3n) is 2.60. The Labute approximate surface area is 85.0 Å². The van der Waals surface area contributed by atoms with Crippen molar-refractivity contribution in [3.63, 3.8) is 0 Å². The van der Waals surface area contributed by atoms with Gasteiger partial charge in [-0.15, -0.1) is 0 Å². The lowest BCUT2D eigenvalue weighted by Crippen LogP contribution is -2.49. The normalized spacial score (nSPS) is 14.0. The highest BCUT2D eigenvalue weighted by atomic mass is 16.6. The zero-order valence-electron chi connectivity index (χ0n) is 9.03. The summed E-state index contributed by atoms with van der Waals surface area (Å²) in [4.78, 5) is 10.4. The molecule has 0 fully saturated rings. The first-order chi connectivity index (χ1) is 6.42. The van der Waals surface area contributed by atoms with Crippen LogP contribution in [0, 0.1) is 10.1 Å². The van der Waals surface area contributed by atoms with Gasteiger partial charge in [-0.05, 0) is 19.4 Å². The highest BCUT2D eigenvalue weighted by molar-refractivity contribution is 4.81. The van der Waals surface area contributed by atoms with Gasteiger partial charge in [0.25, 0.3) is 0 Å². The van der Waals surface area contributed by atoms with Gasteiger partial charge in [0.1, 0.15) is 0 Å². The van der Waals surface area contributed by atoms with Gasteiger partial charge >= 0.3 is 0 Å². The largest absolute Gasteiger partial charge is 0.330 e. The molecule has 1 atom stereocenters. The Bertz CT molecular complexity index is 183. The maximum Gasteiger partial charge on any atom is 0.231 e. The number of hydrogen-bond acceptors (Lipinski definition) is 4. The minimum absolute atomic E-state index is 0.305. The van der Waals surface area contributed by atoms with Gasteiger partial charge < -0.3 is 11.5 Å². The molecule has 0 spiro atoms. The lowest BCUT2D eigenvalue weighted by atomic mass is 9.92. The van der Waals surface area contributed by atoms with Crippen LogP contribution in [0.1, 0.15) is 39.5 Å². The lowest BCUT2D eigenvalue weighted by Gasteiger charge is -2.22. The minimum atomic E-state index is -1.03. The SMILES string of the molecule is CC(C)(C(N)CCCCCN)[N+](=O)[O-]. The molecule has 5 heteroatoms. The second-order valence-corrected chi connectivity index (χ2v) is 4.16. The van der Waals surface area contributed by atoms with Gasteiger partial charge in [0.2, 0.25) is 5.54 Å². The molecule has 0 aliphatic carbocycles. The summed E-state index contributed by atoms with van der Waals surface area (Å²) in [5, 5.41) is 10.7. The fourth-order valence-corrected chi connectivity index (χ4v) is 1.17. The number of nitro groups is 1. The Morgan fingerprint density at radius 3 is 2.36 bits per heavy atom. The van der Waals surface area contributed by atoms with Crippen LogP contribution in [-0.4, -0.2) is 23.0 Å². The molecule has 0 heterocycles. The van der Waals surface area contributed by atoms with E-state index in [9.17, 15) is 10.1 Å². The average molecular weight is 203 g/mol. The summed E-state index contributed by atoms with van der Waals surface area (Å²) in [7, 11) is 0. The van der Waals surface area contributed by atoms with Crippen LogP contribution in [-0.2, 0) is 0 Å². The van der Waals surface area contributed by atoms with Gasteiger partial charge in [0.15, 0.2) is 0 Å². The van der Waals surface area contributed by atoms with E-state index in [1.807, 2.05) is 0 Å². The molecule has 0 aromatic heterocycles. The number of unbranched alkanes of at least 4 members (excludes halogenated alkanes) is 2. The van der Waals surface area contributed by atoms with Gasteiger partial charge in [-0.3, -0.25) is 10.1 Å². The third kappa shape index (κ3) is 4.02. The van der Waals surface area contributed by atoms with Crippen LogP contribution in [0.25, 0.3) is 0 Å². The fourth-order valence-electron chi connectivity index (χ4n) is 1.17. The topological polar surface area (TPSA) is 95.2 Å². The molecule has 5 nitrogen and oxygen atoms in total. The minimum Gasteiger partial charge on any atom is -0.330 e. The fraction of sp³-hybridized carbons (Fsp3) is 1.00. The van der Waals surface area contributed by atoms with Crippen LogP contribution >= 0.6 is 0 Å². The molecule has 0 saturated heterocycles. The smallest absolute Gasteiger partial charge is 0.231 e. The highest BCUT2D eigenvalue weighted by Crippen LogP contribution is 2.16. The highest BCUT2D eigenvalue weighted by Gasteiger charge is 2.37. The molecule has 84 valence electrons. The first-order valence-electron chi connectivity index (χ1n) is 5.03. The molecule has 0 aromatic carbocycles. The van der Waals surface area contributed by atoms with Gasteiger partial charge in [-0.1, -0.05) is 12.8 Å². The van der Waals surface area contributed by atoms with E-state index >= 15 is 0 Å². The average Bonchev–Trinajstić information content (AvgIpc) is 2.11. The number of hydrogen-bond donors (Lipinski definition) is 2.